The molecule has 0 atom stereocenters. The van der Waals surface area contributed by atoms with Crippen LogP contribution in [0.5, 0.6) is 0 Å². The molecule has 1 aromatic rings. The van der Waals surface area contributed by atoms with E-state index in [1.165, 1.54) is 0 Å². The molecule has 0 aliphatic rings. The van der Waals surface area contributed by atoms with Crippen molar-refractivity contribution >= 4 is 5.57 Å². The molecule has 0 aliphatic carbocycles. The molecule has 0 bridgehead atoms. The molecule has 10 heavy (non-hydrogen) atoms. The third kappa shape index (κ3) is 1.44. The summed E-state index contributed by atoms with van der Waals surface area (Å²) in [6.45, 7) is 6.00. The van der Waals surface area contributed by atoms with E-state index in [9.17, 15) is 0 Å². The zero-order chi connectivity index (χ0) is 7.40. The predicted molar refractivity (Wildman–Crippen MR) is 43.6 cm³/mol. The maximum Gasteiger partial charge on any atom is 0.0342 e. The molecule has 0 aliphatic heterocycles. The fourth-order valence-corrected chi connectivity index (χ4v) is 0.776. The molecule has 0 N–H and O–H groups in total. The Bertz CT molecular complexity index is 213. The van der Waals surface area contributed by atoms with Gasteiger partial charge in [0.25, 0.3) is 0 Å². The summed E-state index contributed by atoms with van der Waals surface area (Å²) >= 11 is 0. The Balaban J connectivity index is 2.85. The second-order valence-electron chi connectivity index (χ2n) is 2.20. The smallest absolute Gasteiger partial charge is 0.0342 e. The van der Waals surface area contributed by atoms with Gasteiger partial charge in [0.05, 0.1) is 0 Å². The lowest BCUT2D eigenvalue weighted by atomic mass is 10.1. The van der Waals surface area contributed by atoms with Gasteiger partial charge in [0, 0.05) is 12.4 Å². The van der Waals surface area contributed by atoms with Crippen LogP contribution in [0.2, 0.25) is 0 Å². The Kier molecular flexibility index (Phi) is 2.21. The van der Waals surface area contributed by atoms with E-state index in [-0.39, 0.29) is 0 Å². The highest BCUT2D eigenvalue weighted by Gasteiger charge is 1.92. The summed E-state index contributed by atoms with van der Waals surface area (Å²) in [5.74, 6) is 0. The molecule has 0 unspecified atom stereocenters. The van der Waals surface area contributed by atoms with Gasteiger partial charge in [-0.15, -0.1) is 0 Å². The molecule has 1 heteroatoms. The molecule has 0 aromatic carbocycles. The van der Waals surface area contributed by atoms with Crippen molar-refractivity contribution in [1.82, 2.24) is 4.98 Å². The first-order valence-electron chi connectivity index (χ1n) is 3.42. The zero-order valence-corrected chi connectivity index (χ0v) is 6.17. The van der Waals surface area contributed by atoms with Crippen molar-refractivity contribution in [3.63, 3.8) is 0 Å². The molecule has 1 nitrogen and oxygen atoms in total. The molecule has 0 fully saturated rings. The largest absolute Gasteiger partial charge is 0.264 e. The molecule has 1 aromatic heterocycles. The summed E-state index contributed by atoms with van der Waals surface area (Å²) in [5, 5.41) is 0. The third-order valence-electron chi connectivity index (χ3n) is 1.50. The lowest BCUT2D eigenvalue weighted by Crippen LogP contribution is -1.80. The average molecular weight is 133 g/mol. The highest BCUT2D eigenvalue weighted by Crippen LogP contribution is 2.12. The Morgan fingerprint density at radius 2 is 2.50 bits per heavy atom. The zero-order valence-electron chi connectivity index (χ0n) is 6.17. The number of hydrogen-bond acceptors (Lipinski definition) is 1. The van der Waals surface area contributed by atoms with Gasteiger partial charge in [0.1, 0.15) is 0 Å². The van der Waals surface area contributed by atoms with E-state index in [1.807, 2.05) is 18.3 Å². The van der Waals surface area contributed by atoms with Crippen molar-refractivity contribution in [2.45, 2.75) is 13.3 Å². The summed E-state index contributed by atoms with van der Waals surface area (Å²) in [6.07, 6.45) is 4.60. The van der Waals surface area contributed by atoms with Gasteiger partial charge in [-0.3, -0.25) is 4.98 Å². The summed E-state index contributed by atoms with van der Waals surface area (Å²) in [7, 11) is 0. The Morgan fingerprint density at radius 1 is 1.70 bits per heavy atom. The number of hydrogen-bond donors (Lipinski definition) is 0. The summed E-state index contributed by atoms with van der Waals surface area (Å²) in [5.41, 5.74) is 2.29. The minimum absolute atomic E-state index is 0.992. The van der Waals surface area contributed by atoms with E-state index in [2.05, 4.69) is 18.5 Å². The van der Waals surface area contributed by atoms with Crippen LogP contribution < -0.4 is 0 Å². The van der Waals surface area contributed by atoms with E-state index < -0.39 is 0 Å². The van der Waals surface area contributed by atoms with E-state index in [1.54, 1.807) is 6.20 Å². The van der Waals surface area contributed by atoms with Crippen LogP contribution in [0.1, 0.15) is 18.9 Å². The van der Waals surface area contributed by atoms with Crippen LogP contribution in [-0.2, 0) is 0 Å². The average Bonchev–Trinajstić information content (AvgIpc) is 2.05. The van der Waals surface area contributed by atoms with Gasteiger partial charge >= 0.3 is 0 Å². The lowest BCUT2D eigenvalue weighted by molar-refractivity contribution is 1.22. The highest BCUT2D eigenvalue weighted by molar-refractivity contribution is 5.61. The molecule has 0 amide bonds. The first-order chi connectivity index (χ1) is 4.84. The van der Waals surface area contributed by atoms with Crippen LogP contribution in [0, 0.1) is 0 Å². The van der Waals surface area contributed by atoms with Gasteiger partial charge in [0.15, 0.2) is 0 Å². The van der Waals surface area contributed by atoms with Gasteiger partial charge in [-0.25, -0.2) is 0 Å². The molecular formula is C9H11N. The topological polar surface area (TPSA) is 12.9 Å². The molecule has 1 heterocycles. The number of rotatable bonds is 2. The highest BCUT2D eigenvalue weighted by atomic mass is 14.6. The normalized spacial score (nSPS) is 9.30. The standard InChI is InChI=1S/C9H11N/c1-3-8(2)9-5-4-6-10-7-9/h4-7H,2-3H2,1H3. The molecular weight excluding hydrogens is 122 g/mol. The second kappa shape index (κ2) is 3.16. The molecule has 0 radical (unpaired) electrons. The summed E-state index contributed by atoms with van der Waals surface area (Å²) < 4.78 is 0. The molecule has 1 rings (SSSR count). The molecule has 0 saturated carbocycles. The Hall–Kier alpha value is -1.11. The number of nitrogens with zero attached hydrogens (tertiary/aromatic N) is 1. The lowest BCUT2D eigenvalue weighted by Gasteiger charge is -1.98. The minimum Gasteiger partial charge on any atom is -0.264 e. The van der Waals surface area contributed by atoms with E-state index in [0.717, 1.165) is 17.6 Å². The maximum atomic E-state index is 3.99. The predicted octanol–water partition coefficient (Wildman–Crippen LogP) is 2.50. The quantitative estimate of drug-likeness (QED) is 0.604. The fraction of sp³-hybridized carbons (Fsp3) is 0.222. The van der Waals surface area contributed by atoms with E-state index in [0.29, 0.717) is 0 Å². The first-order valence-corrected chi connectivity index (χ1v) is 3.42. The van der Waals surface area contributed by atoms with Crippen LogP contribution in [0.3, 0.4) is 0 Å². The molecule has 52 valence electrons. The van der Waals surface area contributed by atoms with Crippen LogP contribution in [-0.4, -0.2) is 4.98 Å². The monoisotopic (exact) mass is 133 g/mol. The number of aromatic nitrogens is 1. The Morgan fingerprint density at radius 3 is 3.00 bits per heavy atom. The van der Waals surface area contributed by atoms with Crippen molar-refractivity contribution in [2.24, 2.45) is 0 Å². The number of pyridine rings is 1. The SMILES string of the molecule is C=C(CC)c1cccnc1. The summed E-state index contributed by atoms with van der Waals surface area (Å²) in [6, 6.07) is 3.95. The van der Waals surface area contributed by atoms with Crippen molar-refractivity contribution in [2.75, 3.05) is 0 Å². The van der Waals surface area contributed by atoms with Crippen LogP contribution in [0.15, 0.2) is 31.1 Å². The van der Waals surface area contributed by atoms with E-state index in [4.69, 9.17) is 0 Å². The third-order valence-corrected chi connectivity index (χ3v) is 1.50. The van der Waals surface area contributed by atoms with Crippen molar-refractivity contribution in [3.05, 3.63) is 36.7 Å². The Labute approximate surface area is 61.4 Å². The van der Waals surface area contributed by atoms with Crippen LogP contribution >= 0.6 is 0 Å². The number of allylic oxidation sites excluding steroid dienone is 1. The van der Waals surface area contributed by atoms with Crippen LogP contribution in [0.25, 0.3) is 5.57 Å². The van der Waals surface area contributed by atoms with Crippen LogP contribution in [0.4, 0.5) is 0 Å². The van der Waals surface area contributed by atoms with E-state index >= 15 is 0 Å². The van der Waals surface area contributed by atoms with Gasteiger partial charge in [-0.2, -0.15) is 0 Å². The summed E-state index contributed by atoms with van der Waals surface area (Å²) in [4.78, 5) is 3.99. The van der Waals surface area contributed by atoms with Gasteiger partial charge in [-0.1, -0.05) is 19.6 Å². The maximum absolute atomic E-state index is 3.99. The van der Waals surface area contributed by atoms with Gasteiger partial charge in [-0.05, 0) is 23.6 Å². The van der Waals surface area contributed by atoms with Crippen molar-refractivity contribution in [1.29, 1.82) is 0 Å². The van der Waals surface area contributed by atoms with Gasteiger partial charge in [0.2, 0.25) is 0 Å². The first kappa shape index (κ1) is 7.00. The molecule has 0 spiro atoms. The van der Waals surface area contributed by atoms with Gasteiger partial charge < -0.3 is 0 Å². The second-order valence-corrected chi connectivity index (χ2v) is 2.20. The van der Waals surface area contributed by atoms with Crippen molar-refractivity contribution < 1.29 is 0 Å². The minimum atomic E-state index is 0.992. The molecule has 0 saturated heterocycles. The van der Waals surface area contributed by atoms with Crippen molar-refractivity contribution in [3.8, 4) is 0 Å². The fourth-order valence-electron chi connectivity index (χ4n) is 0.776.